The molecule has 3 nitrogen and oxygen atoms in total. The fourth-order valence-electron chi connectivity index (χ4n) is 1.02. The van der Waals surface area contributed by atoms with E-state index in [9.17, 15) is 0 Å². The van der Waals surface area contributed by atoms with Gasteiger partial charge in [-0.1, -0.05) is 23.2 Å². The van der Waals surface area contributed by atoms with Crippen LogP contribution in [-0.2, 0) is 0 Å². The Bertz CT molecular complexity index is 328. The molecule has 0 unspecified atom stereocenters. The quantitative estimate of drug-likeness (QED) is 0.785. The van der Waals surface area contributed by atoms with Crippen LogP contribution in [0.1, 0.15) is 0 Å². The van der Waals surface area contributed by atoms with Crippen LogP contribution < -0.4 is 10.6 Å². The maximum atomic E-state index is 5.91. The van der Waals surface area contributed by atoms with Crippen molar-refractivity contribution < 1.29 is 0 Å². The zero-order valence-electron chi connectivity index (χ0n) is 6.60. The lowest BCUT2D eigenvalue weighted by atomic mass is 10.5. The van der Waals surface area contributed by atoms with Crippen molar-refractivity contribution in [2.45, 2.75) is 0 Å². The first-order chi connectivity index (χ1) is 6.27. The molecule has 0 aliphatic carbocycles. The van der Waals surface area contributed by atoms with Crippen LogP contribution in [0.4, 0.5) is 5.69 Å². The van der Waals surface area contributed by atoms with Crippen molar-refractivity contribution in [2.24, 2.45) is 4.99 Å². The maximum absolute atomic E-state index is 5.91. The van der Waals surface area contributed by atoms with Gasteiger partial charge in [-0.15, -0.1) is 11.3 Å². The number of guanidine groups is 1. The minimum atomic E-state index is 0.631. The Morgan fingerprint density at radius 1 is 1.54 bits per heavy atom. The summed E-state index contributed by atoms with van der Waals surface area (Å²) in [5.41, 5.74) is 0.737. The molecular formula is C7H7Cl2N3S. The summed E-state index contributed by atoms with van der Waals surface area (Å²) in [6.07, 6.45) is 0. The van der Waals surface area contributed by atoms with E-state index in [-0.39, 0.29) is 0 Å². The zero-order chi connectivity index (χ0) is 9.26. The molecule has 0 amide bonds. The maximum Gasteiger partial charge on any atom is 0.196 e. The molecule has 0 saturated carbocycles. The highest BCUT2D eigenvalue weighted by Gasteiger charge is 2.12. The fourth-order valence-corrected chi connectivity index (χ4v) is 2.29. The first-order valence-electron chi connectivity index (χ1n) is 3.75. The number of rotatable bonds is 1. The van der Waals surface area contributed by atoms with Gasteiger partial charge in [0.1, 0.15) is 4.34 Å². The van der Waals surface area contributed by atoms with Gasteiger partial charge < -0.3 is 10.6 Å². The summed E-state index contributed by atoms with van der Waals surface area (Å²) in [5.74, 6) is 0.738. The summed E-state index contributed by atoms with van der Waals surface area (Å²) in [6, 6.07) is 0. The van der Waals surface area contributed by atoms with Crippen LogP contribution in [0.5, 0.6) is 0 Å². The molecule has 0 bridgehead atoms. The molecule has 0 spiro atoms. The largest absolute Gasteiger partial charge is 0.354 e. The molecule has 70 valence electrons. The average molecular weight is 236 g/mol. The number of hydrogen-bond acceptors (Lipinski definition) is 4. The molecule has 13 heavy (non-hydrogen) atoms. The minimum absolute atomic E-state index is 0.631. The summed E-state index contributed by atoms with van der Waals surface area (Å²) in [4.78, 5) is 4.17. The predicted molar refractivity (Wildman–Crippen MR) is 58.3 cm³/mol. The van der Waals surface area contributed by atoms with Gasteiger partial charge in [0.05, 0.1) is 17.3 Å². The van der Waals surface area contributed by atoms with Crippen LogP contribution in [-0.4, -0.2) is 19.0 Å². The Hall–Kier alpha value is -0.450. The predicted octanol–water partition coefficient (Wildman–Crippen LogP) is 2.43. The molecule has 1 aliphatic heterocycles. The van der Waals surface area contributed by atoms with Gasteiger partial charge in [0.2, 0.25) is 0 Å². The van der Waals surface area contributed by atoms with Crippen LogP contribution in [0.25, 0.3) is 0 Å². The molecule has 0 radical (unpaired) electrons. The second kappa shape index (κ2) is 3.74. The van der Waals surface area contributed by atoms with Crippen molar-refractivity contribution in [1.29, 1.82) is 0 Å². The topological polar surface area (TPSA) is 36.4 Å². The molecule has 6 heteroatoms. The van der Waals surface area contributed by atoms with Crippen molar-refractivity contribution in [3.8, 4) is 0 Å². The Labute approximate surface area is 89.8 Å². The van der Waals surface area contributed by atoms with Gasteiger partial charge in [-0.25, -0.2) is 0 Å². The van der Waals surface area contributed by atoms with E-state index < -0.39 is 0 Å². The standard InChI is InChI=1S/C7H7Cl2N3S/c8-4-3-13-6(9)5(4)12-7-10-1-2-11-7/h3H,1-2H2,(H2,10,11,12). The number of anilines is 1. The normalized spacial score (nSPS) is 15.4. The van der Waals surface area contributed by atoms with Gasteiger partial charge >= 0.3 is 0 Å². The number of hydrogen-bond donors (Lipinski definition) is 2. The third-order valence-electron chi connectivity index (χ3n) is 1.62. The van der Waals surface area contributed by atoms with Crippen LogP contribution in [0, 0.1) is 0 Å². The average Bonchev–Trinajstić information content (AvgIpc) is 2.70. The number of nitrogens with zero attached hydrogens (tertiary/aromatic N) is 1. The first-order valence-corrected chi connectivity index (χ1v) is 5.39. The molecule has 0 saturated heterocycles. The van der Waals surface area contributed by atoms with Crippen molar-refractivity contribution in [2.75, 3.05) is 18.4 Å². The summed E-state index contributed by atoms with van der Waals surface area (Å²) in [6.45, 7) is 1.66. The monoisotopic (exact) mass is 235 g/mol. The smallest absolute Gasteiger partial charge is 0.196 e. The molecule has 2 rings (SSSR count). The molecule has 1 aliphatic rings. The van der Waals surface area contributed by atoms with Gasteiger partial charge in [0.15, 0.2) is 5.96 Å². The van der Waals surface area contributed by atoms with E-state index in [1.807, 2.05) is 0 Å². The molecule has 0 aromatic carbocycles. The number of thiophene rings is 1. The highest BCUT2D eigenvalue weighted by molar-refractivity contribution is 7.15. The Kier molecular flexibility index (Phi) is 2.62. The van der Waals surface area contributed by atoms with Gasteiger partial charge in [0.25, 0.3) is 0 Å². The molecule has 1 aromatic heterocycles. The van der Waals surface area contributed by atoms with Crippen molar-refractivity contribution >= 4 is 46.2 Å². The van der Waals surface area contributed by atoms with Gasteiger partial charge in [-0.05, 0) is 0 Å². The van der Waals surface area contributed by atoms with E-state index in [0.717, 1.165) is 24.7 Å². The third kappa shape index (κ3) is 1.90. The van der Waals surface area contributed by atoms with E-state index in [0.29, 0.717) is 9.36 Å². The van der Waals surface area contributed by atoms with E-state index in [2.05, 4.69) is 15.6 Å². The molecule has 2 N–H and O–H groups in total. The summed E-state index contributed by atoms with van der Waals surface area (Å²) in [7, 11) is 0. The van der Waals surface area contributed by atoms with Gasteiger partial charge in [-0.2, -0.15) is 0 Å². The summed E-state index contributed by atoms with van der Waals surface area (Å²) in [5, 5.41) is 8.54. The number of halogens is 2. The van der Waals surface area contributed by atoms with E-state index in [1.165, 1.54) is 11.3 Å². The zero-order valence-corrected chi connectivity index (χ0v) is 8.93. The molecule has 1 aromatic rings. The summed E-state index contributed by atoms with van der Waals surface area (Å²) < 4.78 is 0.654. The Morgan fingerprint density at radius 2 is 2.38 bits per heavy atom. The molecule has 0 fully saturated rings. The number of nitrogens with one attached hydrogen (secondary N) is 2. The lowest BCUT2D eigenvalue weighted by Gasteiger charge is -2.05. The third-order valence-corrected chi connectivity index (χ3v) is 3.27. The van der Waals surface area contributed by atoms with E-state index in [4.69, 9.17) is 23.2 Å². The van der Waals surface area contributed by atoms with Gasteiger partial charge in [0, 0.05) is 11.9 Å². The van der Waals surface area contributed by atoms with Gasteiger partial charge in [-0.3, -0.25) is 4.99 Å². The van der Waals surface area contributed by atoms with Crippen LogP contribution in [0.2, 0.25) is 9.36 Å². The van der Waals surface area contributed by atoms with E-state index >= 15 is 0 Å². The molecular weight excluding hydrogens is 229 g/mol. The lowest BCUT2D eigenvalue weighted by Crippen LogP contribution is -2.26. The fraction of sp³-hybridized carbons (Fsp3) is 0.286. The highest BCUT2D eigenvalue weighted by Crippen LogP contribution is 2.36. The summed E-state index contributed by atoms with van der Waals surface area (Å²) >= 11 is 13.2. The molecule has 0 atom stereocenters. The van der Waals surface area contributed by atoms with Crippen LogP contribution in [0.3, 0.4) is 0 Å². The minimum Gasteiger partial charge on any atom is -0.354 e. The SMILES string of the molecule is Clc1csc(Cl)c1NC1=NCCN1. The Morgan fingerprint density at radius 3 is 2.92 bits per heavy atom. The Balaban J connectivity index is 2.16. The van der Waals surface area contributed by atoms with Crippen molar-refractivity contribution in [1.82, 2.24) is 5.32 Å². The first kappa shape index (κ1) is 9.12. The molecule has 2 heterocycles. The van der Waals surface area contributed by atoms with Crippen LogP contribution in [0.15, 0.2) is 10.4 Å². The van der Waals surface area contributed by atoms with Crippen LogP contribution >= 0.6 is 34.5 Å². The highest BCUT2D eigenvalue weighted by atomic mass is 35.5. The lowest BCUT2D eigenvalue weighted by molar-refractivity contribution is 0.959. The van der Waals surface area contributed by atoms with Crippen molar-refractivity contribution in [3.05, 3.63) is 14.7 Å². The van der Waals surface area contributed by atoms with Crippen molar-refractivity contribution in [3.63, 3.8) is 0 Å². The second-order valence-electron chi connectivity index (χ2n) is 2.51. The second-order valence-corrected chi connectivity index (χ2v) is 4.40. The van der Waals surface area contributed by atoms with E-state index in [1.54, 1.807) is 5.38 Å². The number of aliphatic imine (C=N–C) groups is 1.